The fraction of sp³-hybridized carbons (Fsp3) is 0.455. The molecular formula is C22H28N2O4. The predicted octanol–water partition coefficient (Wildman–Crippen LogP) is 3.01. The lowest BCUT2D eigenvalue weighted by Gasteiger charge is -2.42. The van der Waals surface area contributed by atoms with Gasteiger partial charge in [-0.05, 0) is 54.8 Å². The number of nitrogens with one attached hydrogen (secondary N) is 1. The van der Waals surface area contributed by atoms with Gasteiger partial charge in [0.25, 0.3) is 0 Å². The van der Waals surface area contributed by atoms with E-state index >= 15 is 0 Å². The number of carbonyl (C=O) groups excluding carboxylic acids is 1. The van der Waals surface area contributed by atoms with Crippen LogP contribution in [0.25, 0.3) is 10.8 Å². The molecular weight excluding hydrogens is 356 g/mol. The van der Waals surface area contributed by atoms with Gasteiger partial charge in [-0.3, -0.25) is 14.5 Å². The number of carboxylic acids is 1. The summed E-state index contributed by atoms with van der Waals surface area (Å²) in [5.74, 6) is -0.226. The van der Waals surface area contributed by atoms with Gasteiger partial charge in [0, 0.05) is 12.1 Å². The number of likely N-dealkylation sites (N-methyl/N-ethyl adjacent to an activating group) is 1. The molecule has 150 valence electrons. The van der Waals surface area contributed by atoms with Gasteiger partial charge in [0.1, 0.15) is 5.75 Å². The third kappa shape index (κ3) is 4.44. The Kier molecular flexibility index (Phi) is 6.19. The Morgan fingerprint density at radius 2 is 1.89 bits per heavy atom. The highest BCUT2D eigenvalue weighted by atomic mass is 16.5. The summed E-state index contributed by atoms with van der Waals surface area (Å²) in [6.45, 7) is 4.64. The fourth-order valence-electron chi connectivity index (χ4n) is 3.79. The summed E-state index contributed by atoms with van der Waals surface area (Å²) in [5.41, 5.74) is 0.979. The molecule has 0 saturated heterocycles. The second-order valence-electron chi connectivity index (χ2n) is 7.48. The molecule has 1 aliphatic carbocycles. The fourth-order valence-corrected chi connectivity index (χ4v) is 3.79. The maximum atomic E-state index is 12.7. The van der Waals surface area contributed by atoms with Gasteiger partial charge in [-0.25, -0.2) is 0 Å². The summed E-state index contributed by atoms with van der Waals surface area (Å²) in [6, 6.07) is 12.3. The van der Waals surface area contributed by atoms with E-state index < -0.39 is 5.97 Å². The van der Waals surface area contributed by atoms with Crippen LogP contribution in [0.4, 0.5) is 0 Å². The molecule has 3 rings (SSSR count). The molecule has 6 nitrogen and oxygen atoms in total. The molecule has 1 atom stereocenters. The van der Waals surface area contributed by atoms with Gasteiger partial charge in [-0.2, -0.15) is 0 Å². The van der Waals surface area contributed by atoms with Crippen molar-refractivity contribution in [3.05, 3.63) is 42.0 Å². The van der Waals surface area contributed by atoms with Crippen molar-refractivity contribution in [3.8, 4) is 5.75 Å². The first-order valence-corrected chi connectivity index (χ1v) is 9.75. The zero-order valence-electron chi connectivity index (χ0n) is 16.6. The van der Waals surface area contributed by atoms with Crippen molar-refractivity contribution in [2.24, 2.45) is 0 Å². The molecule has 28 heavy (non-hydrogen) atoms. The molecule has 1 saturated carbocycles. The summed E-state index contributed by atoms with van der Waals surface area (Å²) in [5, 5.41) is 14.2. The van der Waals surface area contributed by atoms with E-state index in [2.05, 4.69) is 5.32 Å². The van der Waals surface area contributed by atoms with E-state index in [-0.39, 0.29) is 30.5 Å². The Hall–Kier alpha value is -2.60. The first-order valence-electron chi connectivity index (χ1n) is 9.75. The van der Waals surface area contributed by atoms with Crippen molar-refractivity contribution >= 4 is 22.6 Å². The van der Waals surface area contributed by atoms with Crippen LogP contribution in [0.5, 0.6) is 5.75 Å². The molecule has 2 N–H and O–H groups in total. The average molecular weight is 384 g/mol. The van der Waals surface area contributed by atoms with E-state index in [1.54, 1.807) is 7.11 Å². The predicted molar refractivity (Wildman–Crippen MR) is 109 cm³/mol. The Bertz CT molecular complexity index is 861. The highest BCUT2D eigenvalue weighted by molar-refractivity contribution is 5.88. The number of amides is 1. The van der Waals surface area contributed by atoms with Crippen LogP contribution in [0, 0.1) is 0 Å². The number of methoxy groups -OCH3 is 1. The lowest BCUT2D eigenvalue weighted by molar-refractivity contribution is -0.139. The van der Waals surface area contributed by atoms with Crippen LogP contribution >= 0.6 is 0 Å². The summed E-state index contributed by atoms with van der Waals surface area (Å²) in [4.78, 5) is 25.5. The number of benzene rings is 2. The zero-order chi connectivity index (χ0) is 20.3. The zero-order valence-corrected chi connectivity index (χ0v) is 16.6. The molecule has 2 aromatic carbocycles. The third-order valence-electron chi connectivity index (χ3n) is 5.69. The van der Waals surface area contributed by atoms with Gasteiger partial charge < -0.3 is 15.2 Å². The summed E-state index contributed by atoms with van der Waals surface area (Å²) >= 11 is 0. The van der Waals surface area contributed by atoms with Gasteiger partial charge in [0.15, 0.2) is 0 Å². The number of ether oxygens (including phenoxy) is 1. The van der Waals surface area contributed by atoms with Crippen LogP contribution in [0.1, 0.15) is 38.2 Å². The van der Waals surface area contributed by atoms with E-state index in [0.717, 1.165) is 34.9 Å². The van der Waals surface area contributed by atoms with Crippen LogP contribution < -0.4 is 10.1 Å². The van der Waals surface area contributed by atoms with Crippen LogP contribution in [0.15, 0.2) is 36.4 Å². The molecule has 1 amide bonds. The molecule has 1 aliphatic rings. The minimum absolute atomic E-state index is 0.0117. The minimum Gasteiger partial charge on any atom is -0.497 e. The molecule has 0 radical (unpaired) electrons. The van der Waals surface area contributed by atoms with Crippen molar-refractivity contribution in [2.45, 2.75) is 44.7 Å². The van der Waals surface area contributed by atoms with Crippen molar-refractivity contribution in [1.29, 1.82) is 0 Å². The van der Waals surface area contributed by atoms with Crippen LogP contribution in [0.3, 0.4) is 0 Å². The number of nitrogens with zero attached hydrogens (tertiary/aromatic N) is 1. The molecule has 1 unspecified atom stereocenters. The third-order valence-corrected chi connectivity index (χ3v) is 5.69. The van der Waals surface area contributed by atoms with E-state index in [9.17, 15) is 9.59 Å². The number of hydrogen-bond acceptors (Lipinski definition) is 4. The highest BCUT2D eigenvalue weighted by Crippen LogP contribution is 2.28. The number of fused-ring (bicyclic) bond motifs is 1. The second kappa shape index (κ2) is 8.61. The largest absolute Gasteiger partial charge is 0.497 e. The Labute approximate surface area is 165 Å². The maximum Gasteiger partial charge on any atom is 0.317 e. The molecule has 0 spiro atoms. The smallest absolute Gasteiger partial charge is 0.317 e. The minimum atomic E-state index is -0.808. The number of rotatable bonds is 8. The van der Waals surface area contributed by atoms with E-state index in [0.29, 0.717) is 6.54 Å². The molecule has 0 aromatic heterocycles. The Morgan fingerprint density at radius 3 is 2.54 bits per heavy atom. The number of aliphatic carboxylic acids is 1. The summed E-state index contributed by atoms with van der Waals surface area (Å²) < 4.78 is 5.26. The normalized spacial score (nSPS) is 19.9. The van der Waals surface area contributed by atoms with Crippen LogP contribution in [-0.4, -0.2) is 54.2 Å². The standard InChI is InChI=1S/C22H28N2O4/c1-4-24(13-21(25)26)19-11-18(12-19)23-22(27)14(2)15-5-6-17-10-20(28-3)8-7-16(17)9-15/h5-10,14,18-19H,4,11-13H2,1-3H3,(H,23,27)(H,25,26). The molecule has 0 bridgehead atoms. The molecule has 2 aromatic rings. The molecule has 0 aliphatic heterocycles. The molecule has 6 heteroatoms. The first kappa shape index (κ1) is 20.1. The number of hydrogen-bond donors (Lipinski definition) is 2. The van der Waals surface area contributed by atoms with Gasteiger partial charge in [-0.1, -0.05) is 31.2 Å². The van der Waals surface area contributed by atoms with Crippen molar-refractivity contribution in [1.82, 2.24) is 10.2 Å². The van der Waals surface area contributed by atoms with Gasteiger partial charge in [0.2, 0.25) is 5.91 Å². The Morgan fingerprint density at radius 1 is 1.21 bits per heavy atom. The highest BCUT2D eigenvalue weighted by Gasteiger charge is 2.35. The second-order valence-corrected chi connectivity index (χ2v) is 7.48. The lowest BCUT2D eigenvalue weighted by Crippen LogP contribution is -2.55. The molecule has 1 fully saturated rings. The number of carboxylic acid groups (broad SMARTS) is 1. The Balaban J connectivity index is 1.58. The summed E-state index contributed by atoms with van der Waals surface area (Å²) in [6.07, 6.45) is 1.61. The SMILES string of the molecule is CCN(CC(=O)O)C1CC(NC(=O)C(C)c2ccc3cc(OC)ccc3c2)C1. The van der Waals surface area contributed by atoms with Crippen molar-refractivity contribution in [3.63, 3.8) is 0 Å². The van der Waals surface area contributed by atoms with E-state index in [1.807, 2.05) is 55.1 Å². The van der Waals surface area contributed by atoms with Gasteiger partial charge in [0.05, 0.1) is 19.6 Å². The van der Waals surface area contributed by atoms with Gasteiger partial charge in [-0.15, -0.1) is 0 Å². The van der Waals surface area contributed by atoms with Crippen molar-refractivity contribution < 1.29 is 19.4 Å². The van der Waals surface area contributed by atoms with Crippen molar-refractivity contribution in [2.75, 3.05) is 20.2 Å². The van der Waals surface area contributed by atoms with Crippen LogP contribution in [0.2, 0.25) is 0 Å². The lowest BCUT2D eigenvalue weighted by atomic mass is 9.84. The monoisotopic (exact) mass is 384 g/mol. The maximum absolute atomic E-state index is 12.7. The topological polar surface area (TPSA) is 78.9 Å². The van der Waals surface area contributed by atoms with Gasteiger partial charge >= 0.3 is 5.97 Å². The number of carbonyl (C=O) groups is 2. The molecule has 0 heterocycles. The van der Waals surface area contributed by atoms with E-state index in [4.69, 9.17) is 9.84 Å². The average Bonchev–Trinajstić information content (AvgIpc) is 2.67. The first-order chi connectivity index (χ1) is 13.4. The summed E-state index contributed by atoms with van der Waals surface area (Å²) in [7, 11) is 1.65. The quantitative estimate of drug-likeness (QED) is 0.731. The van der Waals surface area contributed by atoms with E-state index in [1.165, 1.54) is 0 Å². The van der Waals surface area contributed by atoms with Crippen LogP contribution in [-0.2, 0) is 9.59 Å².